The number of piperidine rings is 1. The zero-order valence-corrected chi connectivity index (χ0v) is 12.1. The molecule has 2 rings (SSSR count). The molecule has 7 nitrogen and oxygen atoms in total. The summed E-state index contributed by atoms with van der Waals surface area (Å²) >= 11 is 0. The van der Waals surface area contributed by atoms with Crippen molar-refractivity contribution < 1.29 is 14.4 Å². The second-order valence-electron chi connectivity index (χ2n) is 5.24. The van der Waals surface area contributed by atoms with Gasteiger partial charge in [0.05, 0.1) is 19.2 Å². The van der Waals surface area contributed by atoms with Crippen molar-refractivity contribution in [1.29, 1.82) is 0 Å². The first-order valence-electron chi connectivity index (χ1n) is 7.04. The standard InChI is InChI=1S/C13H22N4O3/c1-3-12-14-11(15-20-12)8-16(2)9-13(19)17-6-4-10(18)5-7-17/h10,18H,3-9H2,1-2H3. The Hall–Kier alpha value is -1.47. The summed E-state index contributed by atoms with van der Waals surface area (Å²) in [6.45, 7) is 4.04. The fourth-order valence-electron chi connectivity index (χ4n) is 2.24. The Labute approximate surface area is 118 Å². The summed E-state index contributed by atoms with van der Waals surface area (Å²) in [7, 11) is 1.86. The number of nitrogens with zero attached hydrogens (tertiary/aromatic N) is 4. The molecule has 1 N–H and O–H groups in total. The number of rotatable bonds is 5. The molecule has 0 radical (unpaired) electrons. The first-order chi connectivity index (χ1) is 9.58. The number of amides is 1. The van der Waals surface area contributed by atoms with Gasteiger partial charge in [0.15, 0.2) is 5.82 Å². The van der Waals surface area contributed by atoms with Crippen LogP contribution >= 0.6 is 0 Å². The topological polar surface area (TPSA) is 82.7 Å². The highest BCUT2D eigenvalue weighted by Gasteiger charge is 2.22. The van der Waals surface area contributed by atoms with Gasteiger partial charge in [-0.15, -0.1) is 0 Å². The molecule has 1 aromatic rings. The summed E-state index contributed by atoms with van der Waals surface area (Å²) in [6.07, 6.45) is 1.79. The van der Waals surface area contributed by atoms with Crippen LogP contribution < -0.4 is 0 Å². The monoisotopic (exact) mass is 282 g/mol. The average molecular weight is 282 g/mol. The van der Waals surface area contributed by atoms with E-state index in [9.17, 15) is 9.90 Å². The van der Waals surface area contributed by atoms with E-state index >= 15 is 0 Å². The van der Waals surface area contributed by atoms with E-state index in [0.717, 1.165) is 0 Å². The van der Waals surface area contributed by atoms with E-state index in [4.69, 9.17) is 4.52 Å². The Bertz CT molecular complexity index is 441. The van der Waals surface area contributed by atoms with Crippen molar-refractivity contribution >= 4 is 5.91 Å². The van der Waals surface area contributed by atoms with Crippen molar-refractivity contribution in [1.82, 2.24) is 19.9 Å². The normalized spacial score (nSPS) is 16.9. The lowest BCUT2D eigenvalue weighted by Crippen LogP contribution is -2.44. The molecule has 2 heterocycles. The minimum absolute atomic E-state index is 0.0820. The molecule has 1 aliphatic rings. The van der Waals surface area contributed by atoms with Crippen LogP contribution in [0, 0.1) is 0 Å². The molecule has 1 amide bonds. The van der Waals surface area contributed by atoms with Crippen LogP contribution in [0.2, 0.25) is 0 Å². The molecule has 0 aromatic carbocycles. The molecule has 1 aromatic heterocycles. The van der Waals surface area contributed by atoms with E-state index < -0.39 is 0 Å². The van der Waals surface area contributed by atoms with E-state index in [2.05, 4.69) is 10.1 Å². The van der Waals surface area contributed by atoms with Crippen molar-refractivity contribution in [3.8, 4) is 0 Å². The first-order valence-corrected chi connectivity index (χ1v) is 7.04. The number of hydrogen-bond acceptors (Lipinski definition) is 6. The van der Waals surface area contributed by atoms with E-state index in [1.807, 2.05) is 18.9 Å². The van der Waals surface area contributed by atoms with Crippen LogP contribution in [0.1, 0.15) is 31.5 Å². The first kappa shape index (κ1) is 14.9. The number of hydrogen-bond donors (Lipinski definition) is 1. The number of aliphatic hydroxyl groups excluding tert-OH is 1. The Balaban J connectivity index is 1.78. The average Bonchev–Trinajstić information content (AvgIpc) is 2.86. The Morgan fingerprint density at radius 1 is 1.50 bits per heavy atom. The molecule has 7 heteroatoms. The number of carbonyl (C=O) groups excluding carboxylic acids is 1. The molecule has 112 valence electrons. The van der Waals surface area contributed by atoms with Gasteiger partial charge in [-0.3, -0.25) is 9.69 Å². The molecular weight excluding hydrogens is 260 g/mol. The summed E-state index contributed by atoms with van der Waals surface area (Å²) in [5.41, 5.74) is 0. The number of carbonyl (C=O) groups is 1. The lowest BCUT2D eigenvalue weighted by atomic mass is 10.1. The second kappa shape index (κ2) is 6.81. The molecule has 1 aliphatic heterocycles. The van der Waals surface area contributed by atoms with Gasteiger partial charge in [-0.25, -0.2) is 0 Å². The molecule has 0 bridgehead atoms. The lowest BCUT2D eigenvalue weighted by molar-refractivity contribution is -0.134. The molecule has 0 unspecified atom stereocenters. The predicted octanol–water partition coefficient (Wildman–Crippen LogP) is 0.0471. The molecule has 1 fully saturated rings. The van der Waals surface area contributed by atoms with Gasteiger partial charge in [-0.05, 0) is 19.9 Å². The lowest BCUT2D eigenvalue weighted by Gasteiger charge is -2.30. The summed E-state index contributed by atoms with van der Waals surface area (Å²) < 4.78 is 5.04. The largest absolute Gasteiger partial charge is 0.393 e. The van der Waals surface area contributed by atoms with E-state index in [0.29, 0.717) is 57.2 Å². The maximum absolute atomic E-state index is 12.1. The Kier molecular flexibility index (Phi) is 5.08. The number of aliphatic hydroxyl groups is 1. The van der Waals surface area contributed by atoms with Gasteiger partial charge in [-0.2, -0.15) is 4.98 Å². The minimum Gasteiger partial charge on any atom is -0.393 e. The zero-order valence-electron chi connectivity index (χ0n) is 12.1. The molecule has 0 spiro atoms. The molecule has 0 atom stereocenters. The molecule has 20 heavy (non-hydrogen) atoms. The Morgan fingerprint density at radius 3 is 2.80 bits per heavy atom. The molecular formula is C13H22N4O3. The predicted molar refractivity (Wildman–Crippen MR) is 71.8 cm³/mol. The third-order valence-electron chi connectivity index (χ3n) is 3.45. The van der Waals surface area contributed by atoms with Gasteiger partial charge in [0.1, 0.15) is 0 Å². The fraction of sp³-hybridized carbons (Fsp3) is 0.769. The number of aromatic nitrogens is 2. The van der Waals surface area contributed by atoms with Gasteiger partial charge in [0, 0.05) is 19.5 Å². The third kappa shape index (κ3) is 4.01. The van der Waals surface area contributed by atoms with Gasteiger partial charge in [0.2, 0.25) is 11.8 Å². The van der Waals surface area contributed by atoms with Crippen LogP contribution in [0.15, 0.2) is 4.52 Å². The highest BCUT2D eigenvalue weighted by atomic mass is 16.5. The number of likely N-dealkylation sites (N-methyl/N-ethyl adjacent to an activating group) is 1. The molecule has 1 saturated heterocycles. The highest BCUT2D eigenvalue weighted by Crippen LogP contribution is 2.10. The zero-order chi connectivity index (χ0) is 14.5. The van der Waals surface area contributed by atoms with Crippen LogP contribution in [-0.4, -0.2) is 63.7 Å². The van der Waals surface area contributed by atoms with Crippen molar-refractivity contribution in [3.05, 3.63) is 11.7 Å². The summed E-state index contributed by atoms with van der Waals surface area (Å²) in [4.78, 5) is 20.0. The van der Waals surface area contributed by atoms with Crippen LogP contribution in [0.25, 0.3) is 0 Å². The van der Waals surface area contributed by atoms with Crippen LogP contribution in [0.4, 0.5) is 0 Å². The van der Waals surface area contributed by atoms with Crippen LogP contribution in [0.5, 0.6) is 0 Å². The van der Waals surface area contributed by atoms with Gasteiger partial charge in [0.25, 0.3) is 0 Å². The molecule has 0 saturated carbocycles. The summed E-state index contributed by atoms with van der Waals surface area (Å²) in [5.74, 6) is 1.30. The minimum atomic E-state index is -0.261. The maximum atomic E-state index is 12.1. The molecule has 0 aliphatic carbocycles. The van der Waals surface area contributed by atoms with E-state index in [1.54, 1.807) is 4.90 Å². The van der Waals surface area contributed by atoms with Crippen LogP contribution in [-0.2, 0) is 17.8 Å². The van der Waals surface area contributed by atoms with Crippen molar-refractivity contribution in [2.24, 2.45) is 0 Å². The van der Waals surface area contributed by atoms with Crippen molar-refractivity contribution in [2.75, 3.05) is 26.7 Å². The number of aryl methyl sites for hydroxylation is 1. The second-order valence-corrected chi connectivity index (χ2v) is 5.24. The van der Waals surface area contributed by atoms with Gasteiger partial charge >= 0.3 is 0 Å². The Morgan fingerprint density at radius 2 is 2.20 bits per heavy atom. The van der Waals surface area contributed by atoms with Gasteiger partial charge < -0.3 is 14.5 Å². The maximum Gasteiger partial charge on any atom is 0.236 e. The number of likely N-dealkylation sites (tertiary alicyclic amines) is 1. The quantitative estimate of drug-likeness (QED) is 0.821. The smallest absolute Gasteiger partial charge is 0.236 e. The van der Waals surface area contributed by atoms with E-state index in [1.165, 1.54) is 0 Å². The van der Waals surface area contributed by atoms with Crippen molar-refractivity contribution in [3.63, 3.8) is 0 Å². The van der Waals surface area contributed by atoms with Crippen molar-refractivity contribution in [2.45, 2.75) is 38.8 Å². The van der Waals surface area contributed by atoms with Gasteiger partial charge in [-0.1, -0.05) is 12.1 Å². The van der Waals surface area contributed by atoms with Crippen LogP contribution in [0.3, 0.4) is 0 Å². The fourth-order valence-corrected chi connectivity index (χ4v) is 2.24. The third-order valence-corrected chi connectivity index (χ3v) is 3.45. The SMILES string of the molecule is CCc1nc(CN(C)CC(=O)N2CCC(O)CC2)no1. The summed E-state index contributed by atoms with van der Waals surface area (Å²) in [6, 6.07) is 0. The van der Waals surface area contributed by atoms with E-state index in [-0.39, 0.29) is 12.0 Å². The highest BCUT2D eigenvalue weighted by molar-refractivity contribution is 5.78. The summed E-state index contributed by atoms with van der Waals surface area (Å²) in [5, 5.41) is 13.3.